The highest BCUT2D eigenvalue weighted by Crippen LogP contribution is 2.33. The molecule has 0 saturated carbocycles. The maximum absolute atomic E-state index is 13.6. The van der Waals surface area contributed by atoms with Gasteiger partial charge in [0.05, 0.1) is 11.7 Å². The first-order chi connectivity index (χ1) is 16.5. The Labute approximate surface area is 200 Å². The van der Waals surface area contributed by atoms with Gasteiger partial charge < -0.3 is 14.4 Å². The number of hydrogen-bond donors (Lipinski definition) is 0. The van der Waals surface area contributed by atoms with Crippen molar-refractivity contribution >= 4 is 28.3 Å². The summed E-state index contributed by atoms with van der Waals surface area (Å²) in [7, 11) is 2.02. The lowest BCUT2D eigenvalue weighted by Crippen LogP contribution is -2.38. The number of carbonyl (C=O) groups excluding carboxylic acids is 1. The van der Waals surface area contributed by atoms with Gasteiger partial charge in [-0.3, -0.25) is 4.79 Å². The van der Waals surface area contributed by atoms with Crippen LogP contribution in [0.15, 0.2) is 42.7 Å². The molecule has 6 rings (SSSR count). The molecule has 2 aliphatic rings. The van der Waals surface area contributed by atoms with Crippen LogP contribution in [-0.4, -0.2) is 49.6 Å². The largest absolute Gasteiger partial charge is 0.356 e. The average Bonchev–Trinajstić information content (AvgIpc) is 3.56. The van der Waals surface area contributed by atoms with Crippen molar-refractivity contribution in [2.75, 3.05) is 24.5 Å². The highest BCUT2D eigenvalue weighted by Gasteiger charge is 2.31. The van der Waals surface area contributed by atoms with Crippen LogP contribution >= 0.6 is 0 Å². The molecule has 0 bridgehead atoms. The van der Waals surface area contributed by atoms with Crippen molar-refractivity contribution < 1.29 is 4.79 Å². The van der Waals surface area contributed by atoms with E-state index in [1.807, 2.05) is 40.9 Å². The maximum Gasteiger partial charge on any atom is 0.254 e. The van der Waals surface area contributed by atoms with Crippen molar-refractivity contribution in [3.05, 3.63) is 59.5 Å². The molecule has 34 heavy (non-hydrogen) atoms. The lowest BCUT2D eigenvalue weighted by Gasteiger charge is -2.34. The van der Waals surface area contributed by atoms with E-state index in [1.54, 1.807) is 0 Å². The number of aromatic nitrogens is 4. The van der Waals surface area contributed by atoms with Gasteiger partial charge >= 0.3 is 0 Å². The molecular weight excluding hydrogens is 424 g/mol. The summed E-state index contributed by atoms with van der Waals surface area (Å²) in [5, 5.41) is 6.05. The summed E-state index contributed by atoms with van der Waals surface area (Å²) in [4.78, 5) is 23.1. The van der Waals surface area contributed by atoms with Crippen molar-refractivity contribution in [1.82, 2.24) is 24.1 Å². The standard InChI is InChI=1S/C27H32N6O/c1-18-9-13-31(16-18)26-19(2)17-33-25(28-26)15-22(29-33)23-6-4-5-11-32(23)27(34)21-8-7-20-10-12-30(3)24(20)14-21/h7-8,10,12,14-15,17-18,23H,4-6,9,11,13,16H2,1-3H3/t18-,23-/m0/s1. The number of aryl methyl sites for hydroxylation is 2. The van der Waals surface area contributed by atoms with E-state index in [2.05, 4.69) is 41.6 Å². The molecule has 2 fully saturated rings. The van der Waals surface area contributed by atoms with Crippen molar-refractivity contribution in [2.45, 2.75) is 45.6 Å². The first kappa shape index (κ1) is 21.2. The van der Waals surface area contributed by atoms with Crippen molar-refractivity contribution in [1.29, 1.82) is 0 Å². The predicted octanol–water partition coefficient (Wildman–Crippen LogP) is 4.74. The van der Waals surface area contributed by atoms with Crippen LogP contribution in [0, 0.1) is 12.8 Å². The number of amides is 1. The molecule has 0 radical (unpaired) electrons. The van der Waals surface area contributed by atoms with E-state index in [0.29, 0.717) is 5.92 Å². The first-order valence-electron chi connectivity index (χ1n) is 12.5. The summed E-state index contributed by atoms with van der Waals surface area (Å²) >= 11 is 0. The monoisotopic (exact) mass is 456 g/mol. The normalized spacial score (nSPS) is 21.1. The molecule has 1 aromatic carbocycles. The maximum atomic E-state index is 13.6. The molecular formula is C27H32N6O. The van der Waals surface area contributed by atoms with E-state index in [0.717, 1.165) is 78.1 Å². The Balaban J connectivity index is 1.33. The Bertz CT molecular complexity index is 1380. The number of anilines is 1. The van der Waals surface area contributed by atoms with Crippen LogP contribution < -0.4 is 4.90 Å². The molecule has 7 nitrogen and oxygen atoms in total. The molecule has 1 amide bonds. The molecule has 3 aromatic heterocycles. The average molecular weight is 457 g/mol. The zero-order chi connectivity index (χ0) is 23.4. The second-order valence-electron chi connectivity index (χ2n) is 10.2. The number of piperidine rings is 1. The Morgan fingerprint density at radius 3 is 2.79 bits per heavy atom. The number of rotatable bonds is 3. The predicted molar refractivity (Wildman–Crippen MR) is 134 cm³/mol. The lowest BCUT2D eigenvalue weighted by molar-refractivity contribution is 0.0606. The van der Waals surface area contributed by atoms with Gasteiger partial charge in [0, 0.05) is 61.8 Å². The van der Waals surface area contributed by atoms with E-state index in [9.17, 15) is 4.79 Å². The van der Waals surface area contributed by atoms with Gasteiger partial charge in [-0.2, -0.15) is 5.10 Å². The molecule has 0 unspecified atom stereocenters. The molecule has 5 heterocycles. The Morgan fingerprint density at radius 1 is 1.09 bits per heavy atom. The Kier molecular flexibility index (Phi) is 5.08. The van der Waals surface area contributed by atoms with Gasteiger partial charge in [-0.1, -0.05) is 13.0 Å². The number of hydrogen-bond acceptors (Lipinski definition) is 4. The highest BCUT2D eigenvalue weighted by atomic mass is 16.2. The third-order valence-corrected chi connectivity index (χ3v) is 7.59. The van der Waals surface area contributed by atoms with E-state index in [1.165, 1.54) is 6.42 Å². The summed E-state index contributed by atoms with van der Waals surface area (Å²) in [5.41, 5.74) is 4.76. The molecule has 2 aliphatic heterocycles. The minimum absolute atomic E-state index is 0.0253. The van der Waals surface area contributed by atoms with E-state index in [4.69, 9.17) is 10.1 Å². The van der Waals surface area contributed by atoms with Crippen molar-refractivity contribution in [3.8, 4) is 0 Å². The molecule has 0 N–H and O–H groups in total. The van der Waals surface area contributed by atoms with Crippen LogP contribution in [0.25, 0.3) is 16.6 Å². The van der Waals surface area contributed by atoms with E-state index in [-0.39, 0.29) is 11.9 Å². The van der Waals surface area contributed by atoms with Gasteiger partial charge in [0.25, 0.3) is 5.91 Å². The summed E-state index contributed by atoms with van der Waals surface area (Å²) in [6.45, 7) is 7.28. The van der Waals surface area contributed by atoms with Crippen LogP contribution in [0.3, 0.4) is 0 Å². The quantitative estimate of drug-likeness (QED) is 0.447. The summed E-state index contributed by atoms with van der Waals surface area (Å²) < 4.78 is 3.95. The Hall–Kier alpha value is -3.35. The highest BCUT2D eigenvalue weighted by molar-refractivity contribution is 5.98. The topological polar surface area (TPSA) is 58.7 Å². The second-order valence-corrected chi connectivity index (χ2v) is 10.2. The third kappa shape index (κ3) is 3.54. The smallest absolute Gasteiger partial charge is 0.254 e. The second kappa shape index (κ2) is 8.15. The molecule has 4 aromatic rings. The van der Waals surface area contributed by atoms with Crippen LogP contribution in [0.1, 0.15) is 60.3 Å². The fourth-order valence-corrected chi connectivity index (χ4v) is 5.67. The number of fused-ring (bicyclic) bond motifs is 2. The van der Waals surface area contributed by atoms with Crippen LogP contribution in [-0.2, 0) is 7.05 Å². The van der Waals surface area contributed by atoms with E-state index >= 15 is 0 Å². The number of benzene rings is 1. The van der Waals surface area contributed by atoms with Gasteiger partial charge in [-0.05, 0) is 62.1 Å². The van der Waals surface area contributed by atoms with Crippen LogP contribution in [0.4, 0.5) is 5.82 Å². The lowest BCUT2D eigenvalue weighted by atomic mass is 9.98. The number of carbonyl (C=O) groups is 1. The third-order valence-electron chi connectivity index (χ3n) is 7.59. The van der Waals surface area contributed by atoms with Gasteiger partial charge in [0.2, 0.25) is 0 Å². The fourth-order valence-electron chi connectivity index (χ4n) is 5.67. The fraction of sp³-hybridized carbons (Fsp3) is 0.444. The molecule has 2 saturated heterocycles. The molecule has 7 heteroatoms. The molecule has 0 spiro atoms. The van der Waals surface area contributed by atoms with Gasteiger partial charge in [-0.25, -0.2) is 9.50 Å². The number of nitrogens with zero attached hydrogens (tertiary/aromatic N) is 6. The first-order valence-corrected chi connectivity index (χ1v) is 12.5. The molecule has 0 aliphatic carbocycles. The van der Waals surface area contributed by atoms with Gasteiger partial charge in [0.15, 0.2) is 5.65 Å². The van der Waals surface area contributed by atoms with Crippen LogP contribution in [0.5, 0.6) is 0 Å². The van der Waals surface area contributed by atoms with E-state index < -0.39 is 0 Å². The minimum Gasteiger partial charge on any atom is -0.356 e. The zero-order valence-electron chi connectivity index (χ0n) is 20.2. The number of likely N-dealkylation sites (tertiary alicyclic amines) is 1. The van der Waals surface area contributed by atoms with Gasteiger partial charge in [0.1, 0.15) is 5.82 Å². The molecule has 2 atom stereocenters. The zero-order valence-corrected chi connectivity index (χ0v) is 20.2. The summed E-state index contributed by atoms with van der Waals surface area (Å²) in [5.74, 6) is 1.85. The summed E-state index contributed by atoms with van der Waals surface area (Å²) in [6, 6.07) is 10.1. The van der Waals surface area contributed by atoms with Crippen molar-refractivity contribution in [2.24, 2.45) is 13.0 Å². The SMILES string of the molecule is Cc1cn2nc([C@@H]3CCCCN3C(=O)c3ccc4ccn(C)c4c3)cc2nc1N1CC[C@H](C)C1. The Morgan fingerprint density at radius 2 is 1.97 bits per heavy atom. The van der Waals surface area contributed by atoms with Crippen LogP contribution in [0.2, 0.25) is 0 Å². The summed E-state index contributed by atoms with van der Waals surface area (Å²) in [6.07, 6.45) is 8.38. The van der Waals surface area contributed by atoms with Gasteiger partial charge in [-0.15, -0.1) is 0 Å². The van der Waals surface area contributed by atoms with Crippen molar-refractivity contribution in [3.63, 3.8) is 0 Å². The molecule has 176 valence electrons. The minimum atomic E-state index is -0.0253.